The molecule has 39 heavy (non-hydrogen) atoms. The summed E-state index contributed by atoms with van der Waals surface area (Å²) in [6, 6.07) is 26.0. The van der Waals surface area contributed by atoms with E-state index < -0.39 is 0 Å². The molecule has 1 atom stereocenters. The fourth-order valence-corrected chi connectivity index (χ4v) is 5.35. The maximum atomic E-state index is 4.68. The third-order valence-electron chi connectivity index (χ3n) is 7.71. The second-order valence-electron chi connectivity index (χ2n) is 10.1. The van der Waals surface area contributed by atoms with Crippen LogP contribution in [-0.4, -0.2) is 35.7 Å². The van der Waals surface area contributed by atoms with Gasteiger partial charge in [-0.05, 0) is 61.4 Å². The Morgan fingerprint density at radius 3 is 2.08 bits per heavy atom. The third-order valence-corrected chi connectivity index (χ3v) is 7.71. The summed E-state index contributed by atoms with van der Waals surface area (Å²) in [7, 11) is 0. The lowest BCUT2D eigenvalue weighted by molar-refractivity contribution is 0.239. The number of rotatable bonds is 7. The molecule has 1 unspecified atom stereocenters. The molecule has 0 saturated carbocycles. The summed E-state index contributed by atoms with van der Waals surface area (Å²) in [6.45, 7) is 20.2. The SMILES string of the molecule is C1=CCN=C1.C=C(c1ccc(C)nc1)N1CCC(C(=C)CC(C)c2ccccc2)(c2ccccc2)CC1.CC. The summed E-state index contributed by atoms with van der Waals surface area (Å²) in [5, 5.41) is 0. The molecule has 2 aromatic carbocycles. The molecular weight excluding hydrogens is 474 g/mol. The molecule has 2 aliphatic rings. The summed E-state index contributed by atoms with van der Waals surface area (Å²) in [5.41, 5.74) is 7.35. The molecule has 3 heterocycles. The van der Waals surface area contributed by atoms with Gasteiger partial charge in [0.2, 0.25) is 0 Å². The van der Waals surface area contributed by atoms with Crippen molar-refractivity contribution in [1.29, 1.82) is 0 Å². The van der Waals surface area contributed by atoms with Crippen LogP contribution in [0.2, 0.25) is 0 Å². The van der Waals surface area contributed by atoms with E-state index in [0.717, 1.165) is 55.9 Å². The van der Waals surface area contributed by atoms with Crippen molar-refractivity contribution in [2.24, 2.45) is 4.99 Å². The van der Waals surface area contributed by atoms with E-state index in [9.17, 15) is 0 Å². The van der Waals surface area contributed by atoms with Crippen LogP contribution in [0.1, 0.15) is 68.3 Å². The first-order valence-electron chi connectivity index (χ1n) is 14.3. The van der Waals surface area contributed by atoms with E-state index in [1.54, 1.807) is 6.21 Å². The van der Waals surface area contributed by atoms with Gasteiger partial charge in [0, 0.05) is 47.9 Å². The molecule has 1 aromatic heterocycles. The Morgan fingerprint density at radius 1 is 0.923 bits per heavy atom. The van der Waals surface area contributed by atoms with Crippen molar-refractivity contribution < 1.29 is 0 Å². The minimum atomic E-state index is 0.00655. The Hall–Kier alpha value is -3.72. The first-order valence-corrected chi connectivity index (χ1v) is 14.3. The number of nitrogens with zero attached hydrogens (tertiary/aromatic N) is 3. The van der Waals surface area contributed by atoms with E-state index >= 15 is 0 Å². The van der Waals surface area contributed by atoms with Crippen molar-refractivity contribution in [2.75, 3.05) is 19.6 Å². The highest BCUT2D eigenvalue weighted by Gasteiger charge is 2.39. The number of likely N-dealkylation sites (tertiary alicyclic amines) is 1. The topological polar surface area (TPSA) is 28.5 Å². The maximum absolute atomic E-state index is 4.68. The first kappa shape index (κ1) is 29.8. The van der Waals surface area contributed by atoms with Gasteiger partial charge in [-0.2, -0.15) is 0 Å². The van der Waals surface area contributed by atoms with E-state index in [2.05, 4.69) is 108 Å². The fraction of sp³-hybridized carbons (Fsp3) is 0.333. The van der Waals surface area contributed by atoms with Crippen LogP contribution in [0.15, 0.2) is 115 Å². The van der Waals surface area contributed by atoms with Crippen LogP contribution < -0.4 is 0 Å². The van der Waals surface area contributed by atoms with Crippen LogP contribution in [0.3, 0.4) is 0 Å². The van der Waals surface area contributed by atoms with Crippen LogP contribution in [0.25, 0.3) is 5.70 Å². The molecule has 0 radical (unpaired) electrons. The van der Waals surface area contributed by atoms with Gasteiger partial charge in [0.25, 0.3) is 0 Å². The maximum Gasteiger partial charge on any atom is 0.0573 e. The van der Waals surface area contributed by atoms with Crippen molar-refractivity contribution in [2.45, 2.75) is 58.3 Å². The van der Waals surface area contributed by atoms with Gasteiger partial charge in [0.05, 0.1) is 6.54 Å². The zero-order chi connectivity index (χ0) is 28.1. The van der Waals surface area contributed by atoms with Crippen molar-refractivity contribution >= 4 is 11.9 Å². The molecule has 2 aliphatic heterocycles. The van der Waals surface area contributed by atoms with Gasteiger partial charge < -0.3 is 4.90 Å². The number of benzene rings is 2. The minimum Gasteiger partial charge on any atom is -0.371 e. The van der Waals surface area contributed by atoms with Gasteiger partial charge in [0.15, 0.2) is 0 Å². The molecule has 204 valence electrons. The van der Waals surface area contributed by atoms with E-state index in [4.69, 9.17) is 0 Å². The van der Waals surface area contributed by atoms with Crippen LogP contribution in [-0.2, 0) is 5.41 Å². The van der Waals surface area contributed by atoms with Crippen molar-refractivity contribution in [3.8, 4) is 0 Å². The zero-order valence-electron chi connectivity index (χ0n) is 24.3. The van der Waals surface area contributed by atoms with E-state index in [1.165, 1.54) is 16.7 Å². The number of piperidine rings is 1. The molecule has 3 aromatic rings. The summed E-state index contributed by atoms with van der Waals surface area (Å²) in [6.07, 6.45) is 10.8. The first-order chi connectivity index (χ1) is 19.0. The van der Waals surface area contributed by atoms with E-state index in [0.29, 0.717) is 5.92 Å². The highest BCUT2D eigenvalue weighted by Crippen LogP contribution is 2.45. The summed E-state index contributed by atoms with van der Waals surface area (Å²) < 4.78 is 0. The molecule has 0 bridgehead atoms. The minimum absolute atomic E-state index is 0.00655. The molecule has 0 spiro atoms. The van der Waals surface area contributed by atoms with E-state index in [1.807, 2.05) is 39.1 Å². The highest BCUT2D eigenvalue weighted by molar-refractivity contribution is 5.73. The molecule has 5 rings (SSSR count). The highest BCUT2D eigenvalue weighted by atomic mass is 15.1. The van der Waals surface area contributed by atoms with Crippen molar-refractivity contribution in [1.82, 2.24) is 9.88 Å². The predicted octanol–water partition coefficient (Wildman–Crippen LogP) is 8.80. The number of aromatic nitrogens is 1. The van der Waals surface area contributed by atoms with Gasteiger partial charge in [-0.3, -0.25) is 9.98 Å². The van der Waals surface area contributed by atoms with Crippen LogP contribution >= 0.6 is 0 Å². The fourth-order valence-electron chi connectivity index (χ4n) is 5.35. The molecule has 3 heteroatoms. The third kappa shape index (κ3) is 7.89. The summed E-state index contributed by atoms with van der Waals surface area (Å²) in [4.78, 5) is 10.7. The van der Waals surface area contributed by atoms with Gasteiger partial charge in [-0.25, -0.2) is 0 Å². The molecule has 0 N–H and O–H groups in total. The number of hydrogen-bond donors (Lipinski definition) is 0. The average Bonchev–Trinajstić information content (AvgIpc) is 3.60. The average molecular weight is 520 g/mol. The van der Waals surface area contributed by atoms with Crippen molar-refractivity contribution in [3.05, 3.63) is 132 Å². The lowest BCUT2D eigenvalue weighted by Crippen LogP contribution is -2.43. The monoisotopic (exact) mass is 519 g/mol. The number of aryl methyl sites for hydroxylation is 1. The van der Waals surface area contributed by atoms with Gasteiger partial charge in [-0.15, -0.1) is 0 Å². The second kappa shape index (κ2) is 15.0. The van der Waals surface area contributed by atoms with E-state index in [-0.39, 0.29) is 5.41 Å². The normalized spacial score (nSPS) is 15.8. The standard InChI is InChI=1S/C30H34N2.C4H5N.C2H6/c1-23(27-11-7-5-8-12-27)21-24(2)30(29-13-9-6-10-14-29)17-19-32(20-18-30)26(4)28-16-15-25(3)31-22-28;1-2-4-5-3-1;1-2/h5-16,22-23H,2,4,17-21H2,1,3H3;1-3H,4H2;1-2H3. The number of hydrogen-bond acceptors (Lipinski definition) is 3. The number of aliphatic imine (C=N–C) groups is 1. The largest absolute Gasteiger partial charge is 0.371 e. The predicted molar refractivity (Wildman–Crippen MR) is 169 cm³/mol. The van der Waals surface area contributed by atoms with Crippen LogP contribution in [0, 0.1) is 6.92 Å². The van der Waals surface area contributed by atoms with Gasteiger partial charge >= 0.3 is 0 Å². The number of pyridine rings is 1. The van der Waals surface area contributed by atoms with Crippen LogP contribution in [0.5, 0.6) is 0 Å². The Bertz CT molecular complexity index is 1210. The lowest BCUT2D eigenvalue weighted by Gasteiger charge is -2.45. The lowest BCUT2D eigenvalue weighted by atomic mass is 9.66. The molecule has 0 amide bonds. The van der Waals surface area contributed by atoms with Crippen LogP contribution in [0.4, 0.5) is 0 Å². The second-order valence-corrected chi connectivity index (χ2v) is 10.1. The van der Waals surface area contributed by atoms with Gasteiger partial charge in [0.1, 0.15) is 0 Å². The Labute approximate surface area is 236 Å². The Morgan fingerprint density at radius 2 is 1.56 bits per heavy atom. The summed E-state index contributed by atoms with van der Waals surface area (Å²) in [5.74, 6) is 0.455. The van der Waals surface area contributed by atoms with Gasteiger partial charge in [-0.1, -0.05) is 106 Å². The molecular formula is C36H45N3. The molecule has 1 saturated heterocycles. The molecule has 3 nitrogen and oxygen atoms in total. The zero-order valence-corrected chi connectivity index (χ0v) is 24.3. The summed E-state index contributed by atoms with van der Waals surface area (Å²) >= 11 is 0. The smallest absolute Gasteiger partial charge is 0.0573 e. The molecule has 0 aliphatic carbocycles. The Balaban J connectivity index is 0.000000530. The van der Waals surface area contributed by atoms with Crippen molar-refractivity contribution in [3.63, 3.8) is 0 Å². The quantitative estimate of drug-likeness (QED) is 0.292. The number of allylic oxidation sites excluding steroid dienone is 2. The Kier molecular flexibility index (Phi) is 11.5. The molecule has 1 fully saturated rings.